The van der Waals surface area contributed by atoms with Gasteiger partial charge in [0.2, 0.25) is 0 Å². The Hall–Kier alpha value is -2.73. The first-order valence-corrected chi connectivity index (χ1v) is 9.94. The van der Waals surface area contributed by atoms with Crippen LogP contribution in [0.25, 0.3) is 11.0 Å². The first-order valence-electron chi connectivity index (χ1n) is 9.94. The van der Waals surface area contributed by atoms with Gasteiger partial charge in [0.15, 0.2) is 5.65 Å². The fourth-order valence-electron chi connectivity index (χ4n) is 3.55. The molecule has 1 N–H and O–H groups in total. The molecule has 6 nitrogen and oxygen atoms in total. The molecule has 1 aliphatic carbocycles. The van der Waals surface area contributed by atoms with Crippen molar-refractivity contribution in [3.63, 3.8) is 0 Å². The molecule has 1 amide bonds. The van der Waals surface area contributed by atoms with E-state index in [1.807, 2.05) is 35.9 Å². The van der Waals surface area contributed by atoms with Crippen molar-refractivity contribution in [2.24, 2.45) is 0 Å². The first kappa shape index (κ1) is 18.6. The van der Waals surface area contributed by atoms with E-state index in [0.29, 0.717) is 31.1 Å². The van der Waals surface area contributed by atoms with E-state index in [9.17, 15) is 9.90 Å². The zero-order valence-electron chi connectivity index (χ0n) is 16.4. The highest BCUT2D eigenvalue weighted by molar-refractivity contribution is 6.05. The van der Waals surface area contributed by atoms with Crippen LogP contribution in [-0.4, -0.2) is 49.9 Å². The van der Waals surface area contributed by atoms with E-state index in [1.165, 1.54) is 0 Å². The Morgan fingerprint density at radius 2 is 2.07 bits per heavy atom. The number of fused-ring (bicyclic) bond motifs is 1. The van der Waals surface area contributed by atoms with Crippen molar-refractivity contribution < 1.29 is 9.90 Å². The van der Waals surface area contributed by atoms with Crippen LogP contribution in [-0.2, 0) is 6.54 Å². The average Bonchev–Trinajstić information content (AvgIpc) is 3.48. The number of amides is 1. The van der Waals surface area contributed by atoms with Gasteiger partial charge >= 0.3 is 0 Å². The van der Waals surface area contributed by atoms with Crippen LogP contribution in [0.3, 0.4) is 0 Å². The van der Waals surface area contributed by atoms with Crippen LogP contribution in [0.15, 0.2) is 42.6 Å². The standard InChI is InChI=1S/C22H26N4O2/c1-3-25(13-15(2)27)22(28)18-11-20(17-9-10-17)24-21-19(18)12-23-26(21)14-16-7-5-4-6-8-16/h4-8,11-12,15,17,27H,3,9-10,13-14H2,1-2H3/t15-/m1/s1. The number of aromatic nitrogens is 3. The third kappa shape index (κ3) is 3.78. The van der Waals surface area contributed by atoms with Gasteiger partial charge in [0.05, 0.1) is 29.8 Å². The summed E-state index contributed by atoms with van der Waals surface area (Å²) < 4.78 is 1.87. The van der Waals surface area contributed by atoms with Gasteiger partial charge in [-0.3, -0.25) is 4.79 Å². The molecule has 0 unspecified atom stereocenters. The highest BCUT2D eigenvalue weighted by Gasteiger charge is 2.29. The number of aliphatic hydroxyl groups excluding tert-OH is 1. The number of likely N-dealkylation sites (N-methyl/N-ethyl adjacent to an activating group) is 1. The maximum Gasteiger partial charge on any atom is 0.254 e. The number of benzene rings is 1. The lowest BCUT2D eigenvalue weighted by Crippen LogP contribution is -2.36. The fourth-order valence-corrected chi connectivity index (χ4v) is 3.55. The van der Waals surface area contributed by atoms with Gasteiger partial charge in [-0.1, -0.05) is 30.3 Å². The number of aliphatic hydroxyl groups is 1. The molecule has 0 spiro atoms. The van der Waals surface area contributed by atoms with E-state index < -0.39 is 6.10 Å². The van der Waals surface area contributed by atoms with Crippen LogP contribution < -0.4 is 0 Å². The molecule has 0 bridgehead atoms. The molecule has 2 heterocycles. The Morgan fingerprint density at radius 3 is 2.71 bits per heavy atom. The molecular weight excluding hydrogens is 352 g/mol. The fraction of sp³-hybridized carbons (Fsp3) is 0.409. The topological polar surface area (TPSA) is 71.2 Å². The van der Waals surface area contributed by atoms with E-state index >= 15 is 0 Å². The van der Waals surface area contributed by atoms with E-state index in [-0.39, 0.29) is 5.91 Å². The molecule has 1 aliphatic rings. The van der Waals surface area contributed by atoms with Crippen molar-refractivity contribution in [2.45, 2.75) is 45.3 Å². The number of nitrogens with zero attached hydrogens (tertiary/aromatic N) is 4. The molecule has 2 aromatic heterocycles. The Morgan fingerprint density at radius 1 is 1.32 bits per heavy atom. The minimum atomic E-state index is -0.565. The summed E-state index contributed by atoms with van der Waals surface area (Å²) in [5.74, 6) is 0.361. The molecule has 28 heavy (non-hydrogen) atoms. The van der Waals surface area contributed by atoms with Crippen molar-refractivity contribution in [1.29, 1.82) is 0 Å². The van der Waals surface area contributed by atoms with Crippen molar-refractivity contribution in [1.82, 2.24) is 19.7 Å². The molecule has 1 aromatic carbocycles. The van der Waals surface area contributed by atoms with Gasteiger partial charge in [-0.05, 0) is 38.3 Å². The number of hydrogen-bond acceptors (Lipinski definition) is 4. The average molecular weight is 378 g/mol. The quantitative estimate of drug-likeness (QED) is 0.685. The molecule has 0 saturated heterocycles. The van der Waals surface area contributed by atoms with Gasteiger partial charge in [-0.25, -0.2) is 9.67 Å². The van der Waals surface area contributed by atoms with Crippen LogP contribution in [0.4, 0.5) is 0 Å². The van der Waals surface area contributed by atoms with Crippen molar-refractivity contribution >= 4 is 16.9 Å². The Balaban J connectivity index is 1.76. The molecule has 146 valence electrons. The summed E-state index contributed by atoms with van der Waals surface area (Å²) in [6.45, 7) is 5.11. The molecule has 1 fully saturated rings. The predicted octanol–water partition coefficient (Wildman–Crippen LogP) is 3.20. The van der Waals surface area contributed by atoms with Crippen molar-refractivity contribution in [2.75, 3.05) is 13.1 Å². The molecule has 6 heteroatoms. The van der Waals surface area contributed by atoms with Crippen LogP contribution in [0.5, 0.6) is 0 Å². The summed E-state index contributed by atoms with van der Waals surface area (Å²) in [5, 5.41) is 15.1. The lowest BCUT2D eigenvalue weighted by atomic mass is 10.1. The van der Waals surface area contributed by atoms with Gasteiger partial charge in [-0.2, -0.15) is 5.10 Å². The monoisotopic (exact) mass is 378 g/mol. The highest BCUT2D eigenvalue weighted by atomic mass is 16.3. The highest BCUT2D eigenvalue weighted by Crippen LogP contribution is 2.40. The maximum atomic E-state index is 13.2. The van der Waals surface area contributed by atoms with Crippen LogP contribution in [0, 0.1) is 0 Å². The van der Waals surface area contributed by atoms with Gasteiger partial charge < -0.3 is 10.0 Å². The number of rotatable bonds is 7. The first-order chi connectivity index (χ1) is 13.6. The van der Waals surface area contributed by atoms with E-state index in [0.717, 1.165) is 35.1 Å². The zero-order chi connectivity index (χ0) is 19.7. The minimum Gasteiger partial charge on any atom is -0.392 e. The second-order valence-electron chi connectivity index (χ2n) is 7.59. The van der Waals surface area contributed by atoms with Gasteiger partial charge in [0, 0.05) is 24.7 Å². The lowest BCUT2D eigenvalue weighted by Gasteiger charge is -2.23. The van der Waals surface area contributed by atoms with Crippen molar-refractivity contribution in [3.8, 4) is 0 Å². The predicted molar refractivity (Wildman–Crippen MR) is 108 cm³/mol. The van der Waals surface area contributed by atoms with Crippen LogP contribution in [0.1, 0.15) is 54.2 Å². The summed E-state index contributed by atoms with van der Waals surface area (Å²) in [5.41, 5.74) is 3.50. The summed E-state index contributed by atoms with van der Waals surface area (Å²) in [4.78, 5) is 19.8. The minimum absolute atomic E-state index is 0.0723. The second kappa shape index (κ2) is 7.72. The lowest BCUT2D eigenvalue weighted by molar-refractivity contribution is 0.0662. The molecule has 3 aromatic rings. The van der Waals surface area contributed by atoms with Gasteiger partial charge in [-0.15, -0.1) is 0 Å². The van der Waals surface area contributed by atoms with Crippen LogP contribution in [0.2, 0.25) is 0 Å². The molecule has 1 atom stereocenters. The van der Waals surface area contributed by atoms with Crippen molar-refractivity contribution in [3.05, 3.63) is 59.4 Å². The van der Waals surface area contributed by atoms with E-state index in [2.05, 4.69) is 17.2 Å². The number of carbonyl (C=O) groups is 1. The molecule has 0 radical (unpaired) electrons. The Kier molecular flexibility index (Phi) is 5.13. The summed E-state index contributed by atoms with van der Waals surface area (Å²) in [6, 6.07) is 12.1. The van der Waals surface area contributed by atoms with Gasteiger partial charge in [0.1, 0.15) is 0 Å². The SMILES string of the molecule is CCN(C[C@@H](C)O)C(=O)c1cc(C2CC2)nc2c1cnn2Cc1ccccc1. The molecule has 4 rings (SSSR count). The number of hydrogen-bond donors (Lipinski definition) is 1. The third-order valence-electron chi connectivity index (χ3n) is 5.18. The number of carbonyl (C=O) groups excluding carboxylic acids is 1. The second-order valence-corrected chi connectivity index (χ2v) is 7.59. The molecule has 1 saturated carbocycles. The van der Waals surface area contributed by atoms with E-state index in [4.69, 9.17) is 4.98 Å². The van der Waals surface area contributed by atoms with Gasteiger partial charge in [0.25, 0.3) is 5.91 Å². The molecular formula is C22H26N4O2. The van der Waals surface area contributed by atoms with Crippen LogP contribution >= 0.6 is 0 Å². The zero-order valence-corrected chi connectivity index (χ0v) is 16.4. The Bertz CT molecular complexity index is 977. The summed E-state index contributed by atoms with van der Waals surface area (Å²) >= 11 is 0. The Labute approximate surface area is 164 Å². The number of pyridine rings is 1. The summed E-state index contributed by atoms with van der Waals surface area (Å²) in [6.07, 6.45) is 3.41. The van der Waals surface area contributed by atoms with E-state index in [1.54, 1.807) is 18.0 Å². The summed E-state index contributed by atoms with van der Waals surface area (Å²) in [7, 11) is 0. The third-order valence-corrected chi connectivity index (χ3v) is 5.18. The molecule has 0 aliphatic heterocycles. The largest absolute Gasteiger partial charge is 0.392 e. The smallest absolute Gasteiger partial charge is 0.254 e. The normalized spacial score (nSPS) is 15.0. The maximum absolute atomic E-state index is 13.2.